The van der Waals surface area contributed by atoms with Gasteiger partial charge >= 0.3 is 5.97 Å². The number of ketones is 1. The number of nitro benzene ring substituents is 1. The maximum absolute atomic E-state index is 13.7. The fourth-order valence-corrected chi connectivity index (χ4v) is 4.24. The monoisotopic (exact) mass is 534 g/mol. The van der Waals surface area contributed by atoms with Crippen LogP contribution in [0, 0.1) is 25.0 Å². The van der Waals surface area contributed by atoms with Crippen molar-refractivity contribution in [2.75, 3.05) is 6.61 Å². The van der Waals surface area contributed by atoms with Crippen LogP contribution < -0.4 is 0 Å². The lowest BCUT2D eigenvalue weighted by atomic mass is 9.73. The summed E-state index contributed by atoms with van der Waals surface area (Å²) in [6, 6.07) is 11.2. The Bertz CT molecular complexity index is 1070. The smallest absolute Gasteiger partial charge is 0.321 e. The summed E-state index contributed by atoms with van der Waals surface area (Å²) >= 11 is 2.20. The summed E-state index contributed by atoms with van der Waals surface area (Å²) in [5, 5.41) is 20.8. The van der Waals surface area contributed by atoms with E-state index in [4.69, 9.17) is 10.00 Å². The number of nitrogens with zero attached hydrogens (tertiary/aromatic N) is 2. The van der Waals surface area contributed by atoms with E-state index in [1.165, 1.54) is 12.1 Å². The van der Waals surface area contributed by atoms with Crippen molar-refractivity contribution in [2.24, 2.45) is 0 Å². The Morgan fingerprint density at radius 2 is 1.90 bits per heavy atom. The molecule has 0 saturated carbocycles. The number of nitriles is 1. The van der Waals surface area contributed by atoms with E-state index in [0.29, 0.717) is 5.56 Å². The molecule has 0 aliphatic carbocycles. The molecule has 2 aromatic carbocycles. The Balaban J connectivity index is 2.65. The van der Waals surface area contributed by atoms with Crippen LogP contribution in [0.1, 0.15) is 55.9 Å². The molecule has 0 saturated heterocycles. The summed E-state index contributed by atoms with van der Waals surface area (Å²) in [6.07, 6.45) is 0.843. The second kappa shape index (κ2) is 10.0. The number of halogens is 1. The zero-order valence-electron chi connectivity index (χ0n) is 17.8. The number of Topliss-reactive ketones (excluding diaryl/α,β-unsaturated/α-hetero) is 1. The minimum atomic E-state index is -1.49. The van der Waals surface area contributed by atoms with Crippen LogP contribution in [-0.2, 0) is 26.2 Å². The molecule has 0 radical (unpaired) electrons. The molecule has 2 rings (SSSR count). The van der Waals surface area contributed by atoms with Gasteiger partial charge in [0, 0.05) is 15.1 Å². The molecule has 8 heteroatoms. The molecule has 0 heterocycles. The van der Waals surface area contributed by atoms with Gasteiger partial charge in [-0.05, 0) is 79.1 Å². The predicted molar refractivity (Wildman–Crippen MR) is 124 cm³/mol. The third-order valence-electron chi connectivity index (χ3n) is 5.22. The molecular formula is C23H23IN2O5. The van der Waals surface area contributed by atoms with E-state index in [9.17, 15) is 19.7 Å². The molecule has 2 aromatic rings. The lowest BCUT2D eigenvalue weighted by molar-refractivity contribution is -0.385. The highest BCUT2D eigenvalue weighted by Gasteiger charge is 2.43. The van der Waals surface area contributed by atoms with Gasteiger partial charge in [0.2, 0.25) is 0 Å². The minimum Gasteiger partial charge on any atom is -0.465 e. The molecule has 0 aromatic heterocycles. The molecule has 0 spiro atoms. The van der Waals surface area contributed by atoms with Crippen molar-refractivity contribution in [2.45, 2.75) is 45.4 Å². The first kappa shape index (κ1) is 24.5. The highest BCUT2D eigenvalue weighted by atomic mass is 127. The maximum atomic E-state index is 13.7. The number of esters is 1. The molecule has 0 amide bonds. The Hall–Kier alpha value is -2.80. The standard InChI is InChI=1S/C23H23IN2O5/c1-5-15-8-9-16(12-18(15)24)23(3,4)21(27)20(22(28)31-6-2)17-10-7-14(13-25)11-19(17)26(29)30/h7-12,20H,5-6H2,1-4H3. The number of hydrogen-bond donors (Lipinski definition) is 0. The van der Waals surface area contributed by atoms with E-state index in [-0.39, 0.29) is 17.7 Å². The first-order chi connectivity index (χ1) is 14.6. The van der Waals surface area contributed by atoms with Gasteiger partial charge in [0.1, 0.15) is 5.92 Å². The topological polar surface area (TPSA) is 110 Å². The second-order valence-corrected chi connectivity index (χ2v) is 8.64. The quantitative estimate of drug-likeness (QED) is 0.158. The number of benzene rings is 2. The molecule has 162 valence electrons. The van der Waals surface area contributed by atoms with Gasteiger partial charge in [-0.25, -0.2) is 0 Å². The van der Waals surface area contributed by atoms with Crippen LogP contribution in [0.2, 0.25) is 0 Å². The zero-order valence-corrected chi connectivity index (χ0v) is 19.9. The van der Waals surface area contributed by atoms with Gasteiger partial charge < -0.3 is 4.74 Å². The molecule has 0 N–H and O–H groups in total. The lowest BCUT2D eigenvalue weighted by Crippen LogP contribution is -2.38. The Morgan fingerprint density at radius 3 is 2.42 bits per heavy atom. The van der Waals surface area contributed by atoms with E-state index in [1.807, 2.05) is 31.2 Å². The van der Waals surface area contributed by atoms with Gasteiger partial charge in [0.05, 0.1) is 28.7 Å². The van der Waals surface area contributed by atoms with Crippen LogP contribution in [0.5, 0.6) is 0 Å². The summed E-state index contributed by atoms with van der Waals surface area (Å²) < 4.78 is 6.11. The van der Waals surface area contributed by atoms with Crippen molar-refractivity contribution in [1.29, 1.82) is 5.26 Å². The Labute approximate surface area is 194 Å². The van der Waals surface area contributed by atoms with Crippen molar-refractivity contribution < 1.29 is 19.2 Å². The average Bonchev–Trinajstić information content (AvgIpc) is 2.73. The fraction of sp³-hybridized carbons (Fsp3) is 0.348. The van der Waals surface area contributed by atoms with E-state index < -0.39 is 33.7 Å². The first-order valence-electron chi connectivity index (χ1n) is 9.76. The summed E-state index contributed by atoms with van der Waals surface area (Å²) in [6.45, 7) is 7.04. The SMILES string of the molecule is CCOC(=O)C(C(=O)C(C)(C)c1ccc(CC)c(I)c1)c1ccc(C#N)cc1[N+](=O)[O-]. The van der Waals surface area contributed by atoms with Crippen LogP contribution >= 0.6 is 22.6 Å². The van der Waals surface area contributed by atoms with E-state index >= 15 is 0 Å². The Kier molecular flexibility index (Phi) is 7.90. The van der Waals surface area contributed by atoms with Gasteiger partial charge in [-0.1, -0.05) is 19.1 Å². The number of aryl methyl sites for hydroxylation is 1. The number of ether oxygens (including phenoxy) is 1. The molecule has 0 fully saturated rings. The van der Waals surface area contributed by atoms with Gasteiger partial charge in [-0.3, -0.25) is 19.7 Å². The number of carbonyl (C=O) groups is 2. The molecule has 31 heavy (non-hydrogen) atoms. The molecule has 7 nitrogen and oxygen atoms in total. The molecule has 1 unspecified atom stereocenters. The van der Waals surface area contributed by atoms with Crippen LogP contribution in [0.4, 0.5) is 5.69 Å². The summed E-state index contributed by atoms with van der Waals surface area (Å²) in [4.78, 5) is 37.5. The third kappa shape index (κ3) is 5.10. The second-order valence-electron chi connectivity index (χ2n) is 7.48. The van der Waals surface area contributed by atoms with Crippen LogP contribution in [0.25, 0.3) is 0 Å². The van der Waals surface area contributed by atoms with Crippen LogP contribution in [0.3, 0.4) is 0 Å². The van der Waals surface area contributed by atoms with Gasteiger partial charge in [-0.15, -0.1) is 0 Å². The van der Waals surface area contributed by atoms with Crippen LogP contribution in [-0.4, -0.2) is 23.3 Å². The van der Waals surface area contributed by atoms with Crippen molar-refractivity contribution >= 4 is 40.0 Å². The van der Waals surface area contributed by atoms with Crippen LogP contribution in [0.15, 0.2) is 36.4 Å². The van der Waals surface area contributed by atoms with Crippen molar-refractivity contribution in [3.05, 3.63) is 72.3 Å². The van der Waals surface area contributed by atoms with Crippen molar-refractivity contribution in [1.82, 2.24) is 0 Å². The molecule has 0 bridgehead atoms. The minimum absolute atomic E-state index is 0.0240. The molecule has 1 atom stereocenters. The normalized spacial score (nSPS) is 12.0. The summed E-state index contributed by atoms with van der Waals surface area (Å²) in [5.41, 5.74) is 0.236. The third-order valence-corrected chi connectivity index (χ3v) is 6.23. The van der Waals surface area contributed by atoms with E-state index in [2.05, 4.69) is 22.6 Å². The van der Waals surface area contributed by atoms with E-state index in [0.717, 1.165) is 21.6 Å². The number of nitro groups is 1. The molecular weight excluding hydrogens is 511 g/mol. The van der Waals surface area contributed by atoms with Gasteiger partial charge in [0.25, 0.3) is 5.69 Å². The summed E-state index contributed by atoms with van der Waals surface area (Å²) in [5.74, 6) is -2.86. The van der Waals surface area contributed by atoms with Crippen molar-refractivity contribution in [3.63, 3.8) is 0 Å². The largest absolute Gasteiger partial charge is 0.465 e. The summed E-state index contributed by atoms with van der Waals surface area (Å²) in [7, 11) is 0. The zero-order chi connectivity index (χ0) is 23.3. The molecule has 0 aliphatic rings. The Morgan fingerprint density at radius 1 is 1.23 bits per heavy atom. The average molecular weight is 534 g/mol. The highest BCUT2D eigenvalue weighted by molar-refractivity contribution is 14.1. The number of carbonyl (C=O) groups excluding carboxylic acids is 2. The highest BCUT2D eigenvalue weighted by Crippen LogP contribution is 2.37. The lowest BCUT2D eigenvalue weighted by Gasteiger charge is -2.28. The number of hydrogen-bond acceptors (Lipinski definition) is 6. The van der Waals surface area contributed by atoms with Gasteiger partial charge in [-0.2, -0.15) is 5.26 Å². The molecule has 0 aliphatic heterocycles. The van der Waals surface area contributed by atoms with Crippen molar-refractivity contribution in [3.8, 4) is 6.07 Å². The van der Waals surface area contributed by atoms with E-state index in [1.54, 1.807) is 20.8 Å². The predicted octanol–water partition coefficient (Wildman–Crippen LogP) is 4.83. The number of rotatable bonds is 8. The first-order valence-corrected chi connectivity index (χ1v) is 10.8. The fourth-order valence-electron chi connectivity index (χ4n) is 3.34. The maximum Gasteiger partial charge on any atom is 0.321 e. The van der Waals surface area contributed by atoms with Gasteiger partial charge in [0.15, 0.2) is 5.78 Å².